The van der Waals surface area contributed by atoms with Crippen LogP contribution in [0.2, 0.25) is 0 Å². The van der Waals surface area contributed by atoms with E-state index in [1.165, 1.54) is 23.2 Å². The first kappa shape index (κ1) is 29.9. The summed E-state index contributed by atoms with van der Waals surface area (Å²) in [5.74, 6) is -0.0246. The van der Waals surface area contributed by atoms with Gasteiger partial charge in [0.2, 0.25) is 0 Å². The van der Waals surface area contributed by atoms with Gasteiger partial charge in [0, 0.05) is 44.5 Å². The Morgan fingerprint density at radius 2 is 2.03 bits per heavy atom. The van der Waals surface area contributed by atoms with Crippen molar-refractivity contribution < 1.29 is 27.8 Å². The fraction of sp³-hybridized carbons (Fsp3) is 0.615. The second kappa shape index (κ2) is 13.4. The highest BCUT2D eigenvalue weighted by molar-refractivity contribution is 7.92. The average molecular weight is 552 g/mol. The van der Waals surface area contributed by atoms with Gasteiger partial charge >= 0.3 is 0 Å². The molecule has 0 saturated heterocycles. The molecule has 11 nitrogen and oxygen atoms in total. The normalized spacial score (nSPS) is 22.7. The van der Waals surface area contributed by atoms with Crippen LogP contribution in [0.1, 0.15) is 50.4 Å². The van der Waals surface area contributed by atoms with E-state index in [-0.39, 0.29) is 46.9 Å². The Hall–Kier alpha value is -2.67. The monoisotopic (exact) mass is 551 g/mol. The van der Waals surface area contributed by atoms with Crippen LogP contribution < -0.4 is 14.8 Å². The molecular formula is C26H41N5O6S. The minimum atomic E-state index is -3.96. The molecule has 3 N–H and O–H groups in total. The molecule has 0 spiro atoms. The number of sulfonamides is 1. The van der Waals surface area contributed by atoms with Crippen molar-refractivity contribution in [1.29, 1.82) is 0 Å². The molecule has 12 heteroatoms. The second-order valence-corrected chi connectivity index (χ2v) is 11.7. The highest BCUT2D eigenvalue weighted by atomic mass is 32.2. The van der Waals surface area contributed by atoms with Gasteiger partial charge in [0.1, 0.15) is 5.75 Å². The Bertz CT molecular complexity index is 1170. The number of ether oxygens (including phenoxy) is 2. The molecule has 1 aliphatic rings. The highest BCUT2D eigenvalue weighted by Crippen LogP contribution is 2.29. The lowest BCUT2D eigenvalue weighted by molar-refractivity contribution is -0.000450. The summed E-state index contributed by atoms with van der Waals surface area (Å²) in [7, 11) is -0.420. The number of hydrogen-bond donors (Lipinski definition) is 3. The molecule has 1 aromatic heterocycles. The zero-order valence-corrected chi connectivity index (χ0v) is 23.7. The fourth-order valence-corrected chi connectivity index (χ4v) is 5.45. The molecule has 0 bridgehead atoms. The molecule has 1 aromatic carbocycles. The number of amides is 1. The quantitative estimate of drug-likeness (QED) is 0.477. The number of hydrogen-bond acceptors (Lipinski definition) is 8. The van der Waals surface area contributed by atoms with Gasteiger partial charge in [0.15, 0.2) is 5.03 Å². The Morgan fingerprint density at radius 3 is 2.68 bits per heavy atom. The van der Waals surface area contributed by atoms with E-state index in [1.807, 2.05) is 20.9 Å². The molecule has 1 amide bonds. The van der Waals surface area contributed by atoms with Crippen molar-refractivity contribution in [2.24, 2.45) is 13.0 Å². The second-order valence-electron chi connectivity index (χ2n) is 10.1. The van der Waals surface area contributed by atoms with Gasteiger partial charge in [-0.3, -0.25) is 9.52 Å². The van der Waals surface area contributed by atoms with Crippen LogP contribution in [0, 0.1) is 5.92 Å². The standard InChI is InChI=1S/C26H41N5O6S/c1-18-14-31(19(2)16-32)26(33)22-12-21(29-38(34,35)25-15-30(5)17-28-25)9-10-23(22)37-20(3)8-6-7-11-36-24(18)13-27-4/h9-10,12,15,17-20,24,27,29,32H,6-8,11,13-14,16H2,1-5H3/t18-,19-,20-,24-/m0/s1. The summed E-state index contributed by atoms with van der Waals surface area (Å²) in [6.07, 6.45) is 5.07. The van der Waals surface area contributed by atoms with E-state index in [1.54, 1.807) is 31.0 Å². The van der Waals surface area contributed by atoms with Crippen LogP contribution in [0.5, 0.6) is 5.75 Å². The number of rotatable bonds is 7. The number of aryl methyl sites for hydroxylation is 1. The Morgan fingerprint density at radius 1 is 1.26 bits per heavy atom. The van der Waals surface area contributed by atoms with Gasteiger partial charge in [0.05, 0.1) is 36.7 Å². The smallest absolute Gasteiger partial charge is 0.280 e. The van der Waals surface area contributed by atoms with E-state index in [9.17, 15) is 18.3 Å². The van der Waals surface area contributed by atoms with Gasteiger partial charge in [-0.2, -0.15) is 8.42 Å². The van der Waals surface area contributed by atoms with Crippen molar-refractivity contribution in [1.82, 2.24) is 19.8 Å². The summed E-state index contributed by atoms with van der Waals surface area (Å²) in [5, 5.41) is 13.0. The lowest BCUT2D eigenvalue weighted by Crippen LogP contribution is -2.47. The molecule has 38 heavy (non-hydrogen) atoms. The van der Waals surface area contributed by atoms with Gasteiger partial charge in [-0.1, -0.05) is 6.92 Å². The van der Waals surface area contributed by atoms with Gasteiger partial charge in [0.25, 0.3) is 15.9 Å². The van der Waals surface area contributed by atoms with E-state index in [4.69, 9.17) is 9.47 Å². The van der Waals surface area contributed by atoms with E-state index >= 15 is 0 Å². The SMILES string of the molecule is CNC[C@@H]1OCCCC[C@H](C)Oc2ccc(NS(=O)(=O)c3cn(C)cn3)cc2C(=O)N([C@@H](C)CO)C[C@@H]1C. The number of carbonyl (C=O) groups is 1. The van der Waals surface area contributed by atoms with Crippen LogP contribution in [-0.4, -0.2) is 85.5 Å². The van der Waals surface area contributed by atoms with E-state index in [2.05, 4.69) is 15.0 Å². The largest absolute Gasteiger partial charge is 0.490 e. The number of aromatic nitrogens is 2. The molecule has 0 aliphatic carbocycles. The third-order valence-corrected chi connectivity index (χ3v) is 7.93. The summed E-state index contributed by atoms with van der Waals surface area (Å²) in [5.41, 5.74) is 0.426. The summed E-state index contributed by atoms with van der Waals surface area (Å²) in [6, 6.07) is 4.19. The molecule has 0 unspecified atom stereocenters. The van der Waals surface area contributed by atoms with Crippen molar-refractivity contribution in [3.05, 3.63) is 36.3 Å². The third-order valence-electron chi connectivity index (χ3n) is 6.67. The topological polar surface area (TPSA) is 135 Å². The Kier molecular flexibility index (Phi) is 10.5. The first-order chi connectivity index (χ1) is 18.1. The first-order valence-corrected chi connectivity index (χ1v) is 14.5. The highest BCUT2D eigenvalue weighted by Gasteiger charge is 2.30. The molecule has 2 heterocycles. The number of nitrogens with one attached hydrogen (secondary N) is 2. The summed E-state index contributed by atoms with van der Waals surface area (Å²) >= 11 is 0. The molecule has 1 aliphatic heterocycles. The van der Waals surface area contributed by atoms with Gasteiger partial charge < -0.3 is 29.4 Å². The Labute approximate surface area is 225 Å². The molecule has 3 rings (SSSR count). The predicted octanol–water partition coefficient (Wildman–Crippen LogP) is 2.24. The van der Waals surface area contributed by atoms with Crippen molar-refractivity contribution in [2.75, 3.05) is 38.1 Å². The summed E-state index contributed by atoms with van der Waals surface area (Å²) in [6.45, 7) is 7.10. The van der Waals surface area contributed by atoms with Crippen molar-refractivity contribution in [3.63, 3.8) is 0 Å². The van der Waals surface area contributed by atoms with Crippen LogP contribution in [0.4, 0.5) is 5.69 Å². The number of fused-ring (bicyclic) bond motifs is 1. The van der Waals surface area contributed by atoms with Crippen LogP contribution in [0.3, 0.4) is 0 Å². The molecule has 0 saturated carbocycles. The van der Waals surface area contributed by atoms with E-state index in [0.717, 1.165) is 19.3 Å². The summed E-state index contributed by atoms with van der Waals surface area (Å²) < 4.78 is 42.2. The number of nitrogens with zero attached hydrogens (tertiary/aromatic N) is 3. The Balaban J connectivity index is 2.02. The summed E-state index contributed by atoms with van der Waals surface area (Å²) in [4.78, 5) is 19.5. The minimum Gasteiger partial charge on any atom is -0.490 e. The zero-order chi connectivity index (χ0) is 27.9. The van der Waals surface area contributed by atoms with Crippen LogP contribution in [0.25, 0.3) is 0 Å². The maximum atomic E-state index is 14.0. The molecule has 212 valence electrons. The van der Waals surface area contributed by atoms with Crippen LogP contribution in [-0.2, 0) is 21.8 Å². The number of imidazole rings is 1. The maximum absolute atomic E-state index is 14.0. The molecule has 0 radical (unpaired) electrons. The number of anilines is 1. The molecule has 4 atom stereocenters. The van der Waals surface area contributed by atoms with Gasteiger partial charge in [-0.15, -0.1) is 0 Å². The fourth-order valence-electron chi connectivity index (χ4n) is 4.41. The van der Waals surface area contributed by atoms with Crippen molar-refractivity contribution in [2.45, 2.75) is 63.3 Å². The lowest BCUT2D eigenvalue weighted by atomic mass is 10.0. The molecule has 0 fully saturated rings. The van der Waals surface area contributed by atoms with Gasteiger partial charge in [-0.05, 0) is 58.4 Å². The number of aliphatic hydroxyl groups is 1. The first-order valence-electron chi connectivity index (χ1n) is 13.0. The number of aliphatic hydroxyl groups excluding tert-OH is 1. The van der Waals surface area contributed by atoms with E-state index < -0.39 is 16.1 Å². The van der Waals surface area contributed by atoms with Gasteiger partial charge in [-0.25, -0.2) is 4.98 Å². The third kappa shape index (κ3) is 7.68. The molecule has 2 aromatic rings. The maximum Gasteiger partial charge on any atom is 0.280 e. The van der Waals surface area contributed by atoms with Crippen molar-refractivity contribution >= 4 is 21.6 Å². The van der Waals surface area contributed by atoms with Crippen LogP contribution >= 0.6 is 0 Å². The predicted molar refractivity (Wildman–Crippen MR) is 145 cm³/mol. The molecular weight excluding hydrogens is 510 g/mol. The zero-order valence-electron chi connectivity index (χ0n) is 22.9. The number of likely N-dealkylation sites (N-methyl/N-ethyl adjacent to an activating group) is 1. The van der Waals surface area contributed by atoms with Crippen molar-refractivity contribution in [3.8, 4) is 5.75 Å². The van der Waals surface area contributed by atoms with E-state index in [0.29, 0.717) is 25.4 Å². The number of carbonyl (C=O) groups excluding carboxylic acids is 1. The average Bonchev–Trinajstić information content (AvgIpc) is 3.33. The van der Waals surface area contributed by atoms with Crippen LogP contribution in [0.15, 0.2) is 35.7 Å². The number of benzene rings is 1. The minimum absolute atomic E-state index is 0.0301. The lowest BCUT2D eigenvalue weighted by Gasteiger charge is -2.34.